The van der Waals surface area contributed by atoms with Gasteiger partial charge in [-0.1, -0.05) is 10.5 Å². The number of carbonyl (C=O) groups is 4. The van der Waals surface area contributed by atoms with Crippen LogP contribution in [0.25, 0.3) is 0 Å². The quantitative estimate of drug-likeness (QED) is 0.0522. The van der Waals surface area contributed by atoms with Crippen molar-refractivity contribution in [3.05, 3.63) is 24.3 Å². The van der Waals surface area contributed by atoms with Gasteiger partial charge in [0.15, 0.2) is 0 Å². The molecule has 218 valence electrons. The fourth-order valence-corrected chi connectivity index (χ4v) is 2.07. The Morgan fingerprint density at radius 1 is 0.625 bits per heavy atom. The molecule has 0 heterocycles. The number of esters is 2. The van der Waals surface area contributed by atoms with Crippen molar-refractivity contribution in [2.75, 3.05) is 39.5 Å². The van der Waals surface area contributed by atoms with Crippen LogP contribution in [0, 0.1) is 0 Å². The van der Waals surface area contributed by atoms with E-state index in [0.717, 1.165) is 10.5 Å². The number of hydrogen-bond donors (Lipinski definition) is 2. The number of carboxylic acids is 2. The molecule has 4 atom stereocenters. The number of nitrogens with zero attached hydrogens (tertiary/aromatic N) is 2. The third-order valence-electron chi connectivity index (χ3n) is 3.64. The van der Waals surface area contributed by atoms with E-state index in [1.54, 1.807) is 0 Å². The summed E-state index contributed by atoms with van der Waals surface area (Å²) in [4.78, 5) is 65.4. The van der Waals surface area contributed by atoms with Crippen LogP contribution in [0.5, 0.6) is 0 Å². The van der Waals surface area contributed by atoms with Crippen molar-refractivity contribution < 1.29 is 171 Å². The van der Waals surface area contributed by atoms with Gasteiger partial charge in [0.05, 0.1) is 50.4 Å². The van der Waals surface area contributed by atoms with Gasteiger partial charge in [-0.15, -0.1) is 0 Å². The molecule has 0 radical (unpaired) electrons. The second kappa shape index (κ2) is 26.9. The molecule has 0 aromatic rings. The van der Waals surface area contributed by atoms with Gasteiger partial charge in [0, 0.05) is 12.2 Å². The molecule has 0 aliphatic rings. The van der Waals surface area contributed by atoms with E-state index in [-0.39, 0.29) is 142 Å². The maximum absolute atomic E-state index is 11.6. The van der Waals surface area contributed by atoms with E-state index in [1.807, 2.05) is 0 Å². The van der Waals surface area contributed by atoms with Crippen LogP contribution < -0.4 is 113 Å². The van der Waals surface area contributed by atoms with Crippen molar-refractivity contribution in [1.29, 1.82) is 0 Å². The van der Waals surface area contributed by atoms with E-state index >= 15 is 0 Å². The number of hydroxylamine groups is 4. The SMILES string of the molecule is CC(O)CON(CCN(OCC(C)O)OCC(C)OC(=O)/C=C\C(=O)[O-])OCC(C)OC(=O)/C=C\C(=O)[O-].[K+].[K+]. The molecule has 0 rings (SSSR count). The topological polar surface area (TPSA) is 217 Å². The molecule has 0 saturated heterocycles. The summed E-state index contributed by atoms with van der Waals surface area (Å²) in [5, 5.41) is 41.7. The Morgan fingerprint density at radius 3 is 1.20 bits per heavy atom. The Kier molecular flexibility index (Phi) is 30.1. The van der Waals surface area contributed by atoms with Crippen molar-refractivity contribution in [2.45, 2.75) is 52.1 Å². The largest absolute Gasteiger partial charge is 1.00 e. The molecular weight excluding hydrogens is 594 g/mol. The van der Waals surface area contributed by atoms with E-state index in [9.17, 15) is 39.6 Å². The third-order valence-corrected chi connectivity index (χ3v) is 3.64. The van der Waals surface area contributed by atoms with Crippen LogP contribution >= 0.6 is 0 Å². The molecule has 0 fully saturated rings. The van der Waals surface area contributed by atoms with Crippen molar-refractivity contribution in [2.24, 2.45) is 0 Å². The number of rotatable bonds is 21. The summed E-state index contributed by atoms with van der Waals surface area (Å²) in [5.41, 5.74) is 0. The van der Waals surface area contributed by atoms with E-state index in [1.165, 1.54) is 27.7 Å². The number of aliphatic carboxylic acids is 2. The average Bonchev–Trinajstić information content (AvgIpc) is 2.81. The first-order valence-electron chi connectivity index (χ1n) is 11.4. The van der Waals surface area contributed by atoms with Gasteiger partial charge in [-0.3, -0.25) is 19.4 Å². The summed E-state index contributed by atoms with van der Waals surface area (Å²) < 4.78 is 9.90. The summed E-state index contributed by atoms with van der Waals surface area (Å²) >= 11 is 0. The maximum atomic E-state index is 11.6. The summed E-state index contributed by atoms with van der Waals surface area (Å²) in [6.45, 7) is 5.00. The van der Waals surface area contributed by atoms with Crippen molar-refractivity contribution in [1.82, 2.24) is 10.5 Å². The fraction of sp³-hybridized carbons (Fsp3) is 0.636. The zero-order valence-electron chi connectivity index (χ0n) is 23.5. The summed E-state index contributed by atoms with van der Waals surface area (Å²) in [7, 11) is 0. The Hall–Kier alpha value is 0.313. The predicted molar refractivity (Wildman–Crippen MR) is 120 cm³/mol. The molecule has 0 aromatic carbocycles. The van der Waals surface area contributed by atoms with Gasteiger partial charge >= 0.3 is 115 Å². The van der Waals surface area contributed by atoms with Crippen LogP contribution in [-0.4, -0.2) is 108 Å². The Morgan fingerprint density at radius 2 is 0.925 bits per heavy atom. The zero-order valence-corrected chi connectivity index (χ0v) is 29.8. The number of aliphatic hydroxyl groups excluding tert-OH is 2. The van der Waals surface area contributed by atoms with Crippen LogP contribution in [0.15, 0.2) is 24.3 Å². The minimum absolute atomic E-state index is 0. The fourth-order valence-electron chi connectivity index (χ4n) is 2.07. The molecule has 16 nitrogen and oxygen atoms in total. The van der Waals surface area contributed by atoms with E-state index in [4.69, 9.17) is 28.8 Å². The molecule has 40 heavy (non-hydrogen) atoms. The van der Waals surface area contributed by atoms with Crippen LogP contribution in [0.1, 0.15) is 27.7 Å². The predicted octanol–water partition coefficient (Wildman–Crippen LogP) is -9.44. The molecule has 0 spiro atoms. The van der Waals surface area contributed by atoms with Gasteiger partial charge in [0.25, 0.3) is 0 Å². The van der Waals surface area contributed by atoms with Crippen LogP contribution in [0.4, 0.5) is 0 Å². The Bertz CT molecular complexity index is 733. The molecular formula is C22H34K2N2O14. The zero-order chi connectivity index (χ0) is 29.1. The van der Waals surface area contributed by atoms with Gasteiger partial charge in [-0.05, 0) is 39.8 Å². The molecule has 0 bridgehead atoms. The molecule has 4 unspecified atom stereocenters. The van der Waals surface area contributed by atoms with Gasteiger partial charge in [-0.2, -0.15) is 0 Å². The van der Waals surface area contributed by atoms with Crippen LogP contribution in [-0.2, 0) is 48.0 Å². The second-order valence-electron chi connectivity index (χ2n) is 7.79. The van der Waals surface area contributed by atoms with Crippen molar-refractivity contribution in [3.8, 4) is 0 Å². The summed E-state index contributed by atoms with van der Waals surface area (Å²) in [5.74, 6) is -4.99. The minimum Gasteiger partial charge on any atom is -0.545 e. The number of hydrogen-bond acceptors (Lipinski definition) is 16. The molecule has 0 aliphatic heterocycles. The van der Waals surface area contributed by atoms with Gasteiger partial charge in [0.1, 0.15) is 25.4 Å². The first-order valence-corrected chi connectivity index (χ1v) is 11.4. The first-order chi connectivity index (χ1) is 17.8. The van der Waals surface area contributed by atoms with Crippen molar-refractivity contribution >= 4 is 23.9 Å². The normalized spacial score (nSPS) is 14.3. The maximum Gasteiger partial charge on any atom is 1.00 e. The van der Waals surface area contributed by atoms with E-state index < -0.39 is 48.3 Å². The molecule has 0 saturated carbocycles. The van der Waals surface area contributed by atoms with Crippen LogP contribution in [0.3, 0.4) is 0 Å². The Labute approximate surface area is 317 Å². The minimum atomic E-state index is -1.56. The van der Waals surface area contributed by atoms with Gasteiger partial charge in [0.2, 0.25) is 0 Å². The molecule has 2 N–H and O–H groups in total. The number of carbonyl (C=O) groups excluding carboxylic acids is 4. The molecule has 0 aromatic heterocycles. The number of ether oxygens (including phenoxy) is 2. The van der Waals surface area contributed by atoms with E-state index in [0.29, 0.717) is 24.3 Å². The van der Waals surface area contributed by atoms with Crippen molar-refractivity contribution in [3.63, 3.8) is 0 Å². The second-order valence-corrected chi connectivity index (χ2v) is 7.79. The number of aliphatic hydroxyl groups is 2. The van der Waals surface area contributed by atoms with Gasteiger partial charge in [-0.25, -0.2) is 9.59 Å². The Balaban J connectivity index is -0.00000684. The molecule has 0 amide bonds. The standard InChI is InChI=1S/C22H36N2O14.2K/c1-15(25)11-33-23(35-13-17(3)37-21(31)7-5-19(27)28)9-10-24(34-12-16(2)26)36-14-18(4)38-22(32)8-6-20(29)30;;/h5-8,15-18,25-26H,9-14H2,1-4H3,(H,27,28)(H,29,30);;/q;2*+1/p-2/b7-5-,8-6-;;. The third kappa shape index (κ3) is 28.4. The monoisotopic (exact) mass is 628 g/mol. The molecule has 0 aliphatic carbocycles. The first kappa shape index (κ1) is 44.8. The smallest absolute Gasteiger partial charge is 0.545 e. The van der Waals surface area contributed by atoms with Gasteiger partial charge < -0.3 is 39.5 Å². The number of carboxylic acid groups (broad SMARTS) is 2. The van der Waals surface area contributed by atoms with Crippen LogP contribution in [0.2, 0.25) is 0 Å². The molecule has 18 heteroatoms. The summed E-state index contributed by atoms with van der Waals surface area (Å²) in [6.07, 6.45) is -0.971. The summed E-state index contributed by atoms with van der Waals surface area (Å²) in [6, 6.07) is 0. The van der Waals surface area contributed by atoms with E-state index in [2.05, 4.69) is 0 Å². The average molecular weight is 629 g/mol.